The summed E-state index contributed by atoms with van der Waals surface area (Å²) in [4.78, 5) is 14.5. The van der Waals surface area contributed by atoms with Crippen LogP contribution in [0, 0.1) is 11.3 Å². The molecule has 2 aromatic rings. The second kappa shape index (κ2) is 5.48. The lowest BCUT2D eigenvalue weighted by molar-refractivity contribution is 0.0736. The first-order chi connectivity index (χ1) is 9.79. The predicted molar refractivity (Wildman–Crippen MR) is 78.5 cm³/mol. The van der Waals surface area contributed by atoms with Crippen LogP contribution in [0.2, 0.25) is 0 Å². The Hall–Kier alpha value is -2.12. The van der Waals surface area contributed by atoms with Crippen molar-refractivity contribution in [2.24, 2.45) is 0 Å². The SMILES string of the molecule is N#Cc1ccc(C(=O)N2CCCC2c2ccsc2)cc1. The van der Waals surface area contributed by atoms with E-state index in [-0.39, 0.29) is 11.9 Å². The molecule has 1 aliphatic rings. The minimum Gasteiger partial charge on any atom is -0.332 e. The van der Waals surface area contributed by atoms with E-state index in [1.807, 2.05) is 4.90 Å². The van der Waals surface area contributed by atoms with Crippen LogP contribution < -0.4 is 0 Å². The van der Waals surface area contributed by atoms with E-state index in [9.17, 15) is 4.79 Å². The monoisotopic (exact) mass is 282 g/mol. The smallest absolute Gasteiger partial charge is 0.254 e. The van der Waals surface area contributed by atoms with E-state index < -0.39 is 0 Å². The maximum absolute atomic E-state index is 12.6. The van der Waals surface area contributed by atoms with Gasteiger partial charge in [-0.1, -0.05) is 0 Å². The maximum Gasteiger partial charge on any atom is 0.254 e. The van der Waals surface area contributed by atoms with E-state index in [0.717, 1.165) is 19.4 Å². The molecule has 100 valence electrons. The van der Waals surface area contributed by atoms with Gasteiger partial charge in [-0.25, -0.2) is 0 Å². The molecule has 1 unspecified atom stereocenters. The molecule has 3 nitrogen and oxygen atoms in total. The maximum atomic E-state index is 12.6. The highest BCUT2D eigenvalue weighted by atomic mass is 32.1. The van der Waals surface area contributed by atoms with Gasteiger partial charge in [0.2, 0.25) is 0 Å². The van der Waals surface area contributed by atoms with Crippen molar-refractivity contribution in [3.05, 3.63) is 57.8 Å². The Morgan fingerprint density at radius 1 is 1.30 bits per heavy atom. The minimum absolute atomic E-state index is 0.0585. The molecule has 4 heteroatoms. The lowest BCUT2D eigenvalue weighted by Crippen LogP contribution is -2.30. The molecule has 1 saturated heterocycles. The number of hydrogen-bond donors (Lipinski definition) is 0. The second-order valence-electron chi connectivity index (χ2n) is 4.90. The van der Waals surface area contributed by atoms with Crippen LogP contribution in [0.25, 0.3) is 0 Å². The Labute approximate surface area is 122 Å². The predicted octanol–water partition coefficient (Wildman–Crippen LogP) is 3.60. The van der Waals surface area contributed by atoms with Crippen LogP contribution in [-0.4, -0.2) is 17.4 Å². The van der Waals surface area contributed by atoms with Crippen LogP contribution >= 0.6 is 11.3 Å². The zero-order valence-corrected chi connectivity index (χ0v) is 11.8. The standard InChI is InChI=1S/C16H14N2OS/c17-10-12-3-5-13(6-4-12)16(19)18-8-1-2-15(18)14-7-9-20-11-14/h3-7,9,11,15H,1-2,8H2. The van der Waals surface area contributed by atoms with Crippen molar-refractivity contribution >= 4 is 17.2 Å². The summed E-state index contributed by atoms with van der Waals surface area (Å²) < 4.78 is 0. The third-order valence-electron chi connectivity index (χ3n) is 3.70. The Morgan fingerprint density at radius 3 is 2.75 bits per heavy atom. The molecule has 0 bridgehead atoms. The highest BCUT2D eigenvalue weighted by molar-refractivity contribution is 7.07. The number of thiophene rings is 1. The number of nitrogens with zero attached hydrogens (tertiary/aromatic N) is 2. The van der Waals surface area contributed by atoms with Gasteiger partial charge in [0, 0.05) is 12.1 Å². The van der Waals surface area contributed by atoms with Crippen LogP contribution in [0.1, 0.15) is 40.4 Å². The lowest BCUT2D eigenvalue weighted by atomic mass is 10.1. The summed E-state index contributed by atoms with van der Waals surface area (Å²) in [6, 6.07) is 11.2. The Morgan fingerprint density at radius 2 is 2.10 bits per heavy atom. The van der Waals surface area contributed by atoms with Crippen molar-refractivity contribution in [2.45, 2.75) is 18.9 Å². The molecular formula is C16H14N2OS. The highest BCUT2D eigenvalue weighted by Crippen LogP contribution is 2.34. The summed E-state index contributed by atoms with van der Waals surface area (Å²) in [6.45, 7) is 0.805. The van der Waals surface area contributed by atoms with Crippen molar-refractivity contribution in [3.63, 3.8) is 0 Å². The Kier molecular flexibility index (Phi) is 3.53. The molecule has 0 spiro atoms. The average molecular weight is 282 g/mol. The minimum atomic E-state index is 0.0585. The number of carbonyl (C=O) groups is 1. The molecule has 1 aromatic heterocycles. The number of carbonyl (C=O) groups excluding carboxylic acids is 1. The van der Waals surface area contributed by atoms with Crippen molar-refractivity contribution in [3.8, 4) is 6.07 Å². The van der Waals surface area contributed by atoms with E-state index in [1.54, 1.807) is 35.6 Å². The quantitative estimate of drug-likeness (QED) is 0.844. The molecule has 3 rings (SSSR count). The van der Waals surface area contributed by atoms with Gasteiger partial charge >= 0.3 is 0 Å². The molecule has 0 N–H and O–H groups in total. The third kappa shape index (κ3) is 2.33. The summed E-state index contributed by atoms with van der Waals surface area (Å²) in [5.41, 5.74) is 2.47. The van der Waals surface area contributed by atoms with Crippen LogP contribution in [0.3, 0.4) is 0 Å². The number of hydrogen-bond acceptors (Lipinski definition) is 3. The molecule has 2 heterocycles. The molecule has 0 saturated carbocycles. The number of likely N-dealkylation sites (tertiary alicyclic amines) is 1. The summed E-state index contributed by atoms with van der Waals surface area (Å²) in [7, 11) is 0. The molecule has 1 aromatic carbocycles. The molecule has 1 aliphatic heterocycles. The second-order valence-corrected chi connectivity index (χ2v) is 5.68. The van der Waals surface area contributed by atoms with Gasteiger partial charge in [0.15, 0.2) is 0 Å². The van der Waals surface area contributed by atoms with E-state index in [4.69, 9.17) is 5.26 Å². The molecule has 0 radical (unpaired) electrons. The van der Waals surface area contributed by atoms with Gasteiger partial charge in [-0.2, -0.15) is 16.6 Å². The fourth-order valence-corrected chi connectivity index (χ4v) is 3.38. The van der Waals surface area contributed by atoms with E-state index in [2.05, 4.69) is 22.9 Å². The fraction of sp³-hybridized carbons (Fsp3) is 0.250. The van der Waals surface area contributed by atoms with Crippen molar-refractivity contribution < 1.29 is 4.79 Å². The van der Waals surface area contributed by atoms with Gasteiger partial charge < -0.3 is 4.90 Å². The van der Waals surface area contributed by atoms with Gasteiger partial charge in [-0.15, -0.1) is 0 Å². The van der Waals surface area contributed by atoms with Crippen LogP contribution in [0.15, 0.2) is 41.1 Å². The van der Waals surface area contributed by atoms with Crippen LogP contribution in [0.4, 0.5) is 0 Å². The highest BCUT2D eigenvalue weighted by Gasteiger charge is 2.30. The lowest BCUT2D eigenvalue weighted by Gasteiger charge is -2.24. The Balaban J connectivity index is 1.84. The van der Waals surface area contributed by atoms with Gasteiger partial charge in [-0.05, 0) is 59.5 Å². The number of nitriles is 1. The summed E-state index contributed by atoms with van der Waals surface area (Å²) in [5, 5.41) is 13.0. The number of amides is 1. The van der Waals surface area contributed by atoms with Crippen molar-refractivity contribution in [1.29, 1.82) is 5.26 Å². The van der Waals surface area contributed by atoms with Gasteiger partial charge in [-0.3, -0.25) is 4.79 Å². The topological polar surface area (TPSA) is 44.1 Å². The van der Waals surface area contributed by atoms with Gasteiger partial charge in [0.25, 0.3) is 5.91 Å². The molecule has 1 amide bonds. The van der Waals surface area contributed by atoms with Gasteiger partial charge in [0.1, 0.15) is 0 Å². The molecule has 1 fully saturated rings. The first-order valence-electron chi connectivity index (χ1n) is 6.63. The van der Waals surface area contributed by atoms with Gasteiger partial charge in [0.05, 0.1) is 17.7 Å². The molecule has 20 heavy (non-hydrogen) atoms. The first-order valence-corrected chi connectivity index (χ1v) is 7.57. The first kappa shape index (κ1) is 12.9. The summed E-state index contributed by atoms with van der Waals surface area (Å²) >= 11 is 1.67. The van der Waals surface area contributed by atoms with Crippen molar-refractivity contribution in [2.75, 3.05) is 6.54 Å². The summed E-state index contributed by atoms with van der Waals surface area (Å²) in [6.07, 6.45) is 2.07. The fourth-order valence-electron chi connectivity index (χ4n) is 2.67. The number of benzene rings is 1. The third-order valence-corrected chi connectivity index (χ3v) is 4.40. The molecular weight excluding hydrogens is 268 g/mol. The van der Waals surface area contributed by atoms with Crippen LogP contribution in [-0.2, 0) is 0 Å². The largest absolute Gasteiger partial charge is 0.332 e. The van der Waals surface area contributed by atoms with E-state index >= 15 is 0 Å². The van der Waals surface area contributed by atoms with Crippen molar-refractivity contribution in [1.82, 2.24) is 4.90 Å². The van der Waals surface area contributed by atoms with E-state index in [1.165, 1.54) is 5.56 Å². The zero-order valence-electron chi connectivity index (χ0n) is 11.0. The normalized spacial score (nSPS) is 17.9. The number of rotatable bonds is 2. The molecule has 1 atom stereocenters. The van der Waals surface area contributed by atoms with E-state index in [0.29, 0.717) is 11.1 Å². The van der Waals surface area contributed by atoms with Crippen LogP contribution in [0.5, 0.6) is 0 Å². The average Bonchev–Trinajstić information content (AvgIpc) is 3.16. The molecule has 0 aliphatic carbocycles. The Bertz CT molecular complexity index is 640. The zero-order chi connectivity index (χ0) is 13.9. The summed E-state index contributed by atoms with van der Waals surface area (Å²) in [5.74, 6) is 0.0585.